The van der Waals surface area contributed by atoms with Crippen LogP contribution in [0.5, 0.6) is 11.5 Å². The summed E-state index contributed by atoms with van der Waals surface area (Å²) >= 11 is 0. The molecule has 122 valence electrons. The average Bonchev–Trinajstić information content (AvgIpc) is 2.55. The van der Waals surface area contributed by atoms with Crippen molar-refractivity contribution in [3.8, 4) is 11.5 Å². The summed E-state index contributed by atoms with van der Waals surface area (Å²) in [5, 5.41) is 2.69. The molecule has 0 saturated heterocycles. The van der Waals surface area contributed by atoms with Crippen LogP contribution in [0.2, 0.25) is 0 Å². The lowest BCUT2D eigenvalue weighted by Gasteiger charge is -2.14. The maximum Gasteiger partial charge on any atom is 0.387 e. The molecule has 1 N–H and O–H groups in total. The van der Waals surface area contributed by atoms with Crippen molar-refractivity contribution >= 4 is 5.91 Å². The van der Waals surface area contributed by atoms with Gasteiger partial charge in [-0.2, -0.15) is 8.78 Å². The fourth-order valence-corrected chi connectivity index (χ4v) is 2.13. The first-order valence-electron chi connectivity index (χ1n) is 7.05. The molecule has 0 radical (unpaired) electrons. The number of benzene rings is 2. The van der Waals surface area contributed by atoms with Crippen molar-refractivity contribution in [1.29, 1.82) is 0 Å². The molecule has 0 aromatic heterocycles. The maximum absolute atomic E-state index is 12.5. The van der Waals surface area contributed by atoms with Crippen LogP contribution in [0.15, 0.2) is 48.5 Å². The molecule has 1 amide bonds. The molecule has 4 nitrogen and oxygen atoms in total. The van der Waals surface area contributed by atoms with Gasteiger partial charge in [-0.15, -0.1) is 0 Å². The normalized spacial score (nSPS) is 10.4. The number of hydrogen-bond acceptors (Lipinski definition) is 3. The molecule has 23 heavy (non-hydrogen) atoms. The number of nitrogens with one attached hydrogen (secondary N) is 1. The third-order valence-electron chi connectivity index (χ3n) is 3.19. The predicted octanol–water partition coefficient (Wildman–Crippen LogP) is 3.27. The van der Waals surface area contributed by atoms with Crippen molar-refractivity contribution in [1.82, 2.24) is 5.32 Å². The van der Waals surface area contributed by atoms with Crippen LogP contribution >= 0.6 is 0 Å². The van der Waals surface area contributed by atoms with Gasteiger partial charge in [0.1, 0.15) is 0 Å². The lowest BCUT2D eigenvalue weighted by Crippen LogP contribution is -2.26. The van der Waals surface area contributed by atoms with Gasteiger partial charge in [0.25, 0.3) is 5.91 Å². The molecule has 0 unspecified atom stereocenters. The van der Waals surface area contributed by atoms with Crippen LogP contribution in [0.1, 0.15) is 15.9 Å². The van der Waals surface area contributed by atoms with Gasteiger partial charge < -0.3 is 14.8 Å². The summed E-state index contributed by atoms with van der Waals surface area (Å²) in [4.78, 5) is 12.2. The monoisotopic (exact) mass is 321 g/mol. The summed E-state index contributed by atoms with van der Waals surface area (Å²) in [5.74, 6) is -0.668. The van der Waals surface area contributed by atoms with E-state index in [2.05, 4.69) is 10.1 Å². The Morgan fingerprint density at radius 2 is 1.87 bits per heavy atom. The zero-order chi connectivity index (χ0) is 16.7. The molecule has 0 aliphatic rings. The Balaban J connectivity index is 2.06. The second-order valence-corrected chi connectivity index (χ2v) is 4.71. The van der Waals surface area contributed by atoms with Gasteiger partial charge in [0, 0.05) is 6.54 Å². The van der Waals surface area contributed by atoms with Gasteiger partial charge in [-0.05, 0) is 24.1 Å². The second-order valence-electron chi connectivity index (χ2n) is 4.71. The van der Waals surface area contributed by atoms with Gasteiger partial charge in [-0.3, -0.25) is 4.79 Å². The predicted molar refractivity (Wildman–Crippen MR) is 82.1 cm³/mol. The van der Waals surface area contributed by atoms with Crippen LogP contribution in [0.3, 0.4) is 0 Å². The van der Waals surface area contributed by atoms with E-state index in [1.165, 1.54) is 19.2 Å². The number of para-hydroxylation sites is 1. The summed E-state index contributed by atoms with van der Waals surface area (Å²) < 4.78 is 34.5. The fraction of sp³-hybridized carbons (Fsp3) is 0.235. The Bertz CT molecular complexity index is 648. The standard InChI is InChI=1S/C17H17F2NO3/c1-22-14-9-5-8-13(15(14)23-17(18)19)16(21)20-11-10-12-6-3-2-4-7-12/h2-9,17H,10-11H2,1H3,(H,20,21). The minimum Gasteiger partial charge on any atom is -0.493 e. The SMILES string of the molecule is COc1cccc(C(=O)NCCc2ccccc2)c1OC(F)F. The number of alkyl halides is 2. The third kappa shape index (κ3) is 4.67. The molecule has 2 rings (SSSR count). The lowest BCUT2D eigenvalue weighted by molar-refractivity contribution is -0.0515. The molecular formula is C17H17F2NO3. The van der Waals surface area contributed by atoms with Gasteiger partial charge in [0.05, 0.1) is 12.7 Å². The highest BCUT2D eigenvalue weighted by Gasteiger charge is 2.19. The minimum absolute atomic E-state index is 0.0118. The molecule has 2 aromatic rings. The Morgan fingerprint density at radius 1 is 1.13 bits per heavy atom. The summed E-state index contributed by atoms with van der Waals surface area (Å²) in [6.07, 6.45) is 0.640. The van der Waals surface area contributed by atoms with Gasteiger partial charge >= 0.3 is 6.61 Å². The van der Waals surface area contributed by atoms with Crippen LogP contribution in [-0.2, 0) is 6.42 Å². The van der Waals surface area contributed by atoms with Crippen molar-refractivity contribution in [3.63, 3.8) is 0 Å². The number of methoxy groups -OCH3 is 1. The molecular weight excluding hydrogens is 304 g/mol. The zero-order valence-electron chi connectivity index (χ0n) is 12.6. The van der Waals surface area contributed by atoms with Crippen molar-refractivity contribution < 1.29 is 23.0 Å². The highest BCUT2D eigenvalue weighted by atomic mass is 19.3. The van der Waals surface area contributed by atoms with Crippen molar-refractivity contribution in [2.24, 2.45) is 0 Å². The van der Waals surface area contributed by atoms with Crippen LogP contribution in [0.4, 0.5) is 8.78 Å². The van der Waals surface area contributed by atoms with E-state index in [1.54, 1.807) is 6.07 Å². The number of carbonyl (C=O) groups is 1. The summed E-state index contributed by atoms with van der Waals surface area (Å²) in [6.45, 7) is -2.66. The van der Waals surface area contributed by atoms with Crippen molar-refractivity contribution in [2.45, 2.75) is 13.0 Å². The Kier molecular flexibility index (Phi) is 5.91. The van der Waals surface area contributed by atoms with Crippen LogP contribution in [-0.4, -0.2) is 26.2 Å². The molecule has 2 aromatic carbocycles. The highest BCUT2D eigenvalue weighted by Crippen LogP contribution is 2.32. The molecule has 0 aliphatic heterocycles. The van der Waals surface area contributed by atoms with Crippen molar-refractivity contribution in [3.05, 3.63) is 59.7 Å². The van der Waals surface area contributed by atoms with E-state index in [-0.39, 0.29) is 17.1 Å². The molecule has 0 fully saturated rings. The smallest absolute Gasteiger partial charge is 0.387 e. The molecule has 0 aliphatic carbocycles. The molecule has 0 saturated carbocycles. The van der Waals surface area contributed by atoms with E-state index < -0.39 is 12.5 Å². The van der Waals surface area contributed by atoms with Gasteiger partial charge in [0.15, 0.2) is 11.5 Å². The molecule has 0 bridgehead atoms. The first-order valence-corrected chi connectivity index (χ1v) is 7.05. The van der Waals surface area contributed by atoms with E-state index in [9.17, 15) is 13.6 Å². The Labute approximate surface area is 133 Å². The van der Waals surface area contributed by atoms with Crippen LogP contribution in [0.25, 0.3) is 0 Å². The molecule has 0 heterocycles. The van der Waals surface area contributed by atoms with Gasteiger partial charge in [-0.1, -0.05) is 36.4 Å². The number of amides is 1. The largest absolute Gasteiger partial charge is 0.493 e. The molecule has 0 atom stereocenters. The van der Waals surface area contributed by atoms with Gasteiger partial charge in [-0.25, -0.2) is 0 Å². The summed E-state index contributed by atoms with van der Waals surface area (Å²) in [5.41, 5.74) is 1.08. The minimum atomic E-state index is -3.04. The molecule has 0 spiro atoms. The Hall–Kier alpha value is -2.63. The first kappa shape index (κ1) is 16.7. The molecule has 6 heteroatoms. The number of halogens is 2. The second kappa shape index (κ2) is 8.12. The van der Waals surface area contributed by atoms with E-state index >= 15 is 0 Å². The first-order chi connectivity index (χ1) is 11.1. The van der Waals surface area contributed by atoms with E-state index in [0.717, 1.165) is 5.56 Å². The Morgan fingerprint density at radius 3 is 2.52 bits per heavy atom. The van der Waals surface area contributed by atoms with E-state index in [1.807, 2.05) is 30.3 Å². The van der Waals surface area contributed by atoms with Crippen LogP contribution in [0, 0.1) is 0 Å². The van der Waals surface area contributed by atoms with Gasteiger partial charge in [0.2, 0.25) is 0 Å². The summed E-state index contributed by atoms with van der Waals surface area (Å²) in [6, 6.07) is 14.0. The number of hydrogen-bond donors (Lipinski definition) is 1. The fourth-order valence-electron chi connectivity index (χ4n) is 2.13. The lowest BCUT2D eigenvalue weighted by atomic mass is 10.1. The number of carbonyl (C=O) groups excluding carboxylic acids is 1. The van der Waals surface area contributed by atoms with E-state index in [4.69, 9.17) is 4.74 Å². The zero-order valence-corrected chi connectivity index (χ0v) is 12.6. The van der Waals surface area contributed by atoms with E-state index in [0.29, 0.717) is 13.0 Å². The maximum atomic E-state index is 12.5. The van der Waals surface area contributed by atoms with Crippen LogP contribution < -0.4 is 14.8 Å². The summed E-state index contributed by atoms with van der Waals surface area (Å²) in [7, 11) is 1.32. The highest BCUT2D eigenvalue weighted by molar-refractivity contribution is 5.97. The average molecular weight is 321 g/mol. The van der Waals surface area contributed by atoms with Crippen molar-refractivity contribution in [2.75, 3.05) is 13.7 Å². The number of rotatable bonds is 7. The quantitative estimate of drug-likeness (QED) is 0.851. The topological polar surface area (TPSA) is 47.6 Å². The third-order valence-corrected chi connectivity index (χ3v) is 3.19. The number of ether oxygens (including phenoxy) is 2.